The van der Waals surface area contributed by atoms with E-state index in [9.17, 15) is 9.59 Å². The SMILES string of the molecule is CN(C)Cc1ccccc1C1CCCN1C(=O)CNC(=O)NCc1ccc(N)cc1. The first-order chi connectivity index (χ1) is 14.4. The summed E-state index contributed by atoms with van der Waals surface area (Å²) in [6.45, 7) is 1.92. The first-order valence-corrected chi connectivity index (χ1v) is 10.3. The molecule has 0 spiro atoms. The van der Waals surface area contributed by atoms with Crippen LogP contribution in [0.15, 0.2) is 48.5 Å². The summed E-state index contributed by atoms with van der Waals surface area (Å²) >= 11 is 0. The van der Waals surface area contributed by atoms with Gasteiger partial charge in [0.1, 0.15) is 0 Å². The van der Waals surface area contributed by atoms with E-state index in [2.05, 4.69) is 27.7 Å². The van der Waals surface area contributed by atoms with Crippen LogP contribution >= 0.6 is 0 Å². The van der Waals surface area contributed by atoms with Gasteiger partial charge in [0.2, 0.25) is 5.91 Å². The van der Waals surface area contributed by atoms with Crippen LogP contribution in [0.25, 0.3) is 0 Å². The van der Waals surface area contributed by atoms with Crippen molar-refractivity contribution in [2.75, 3.05) is 32.9 Å². The van der Waals surface area contributed by atoms with Gasteiger partial charge in [-0.3, -0.25) is 4.79 Å². The zero-order chi connectivity index (χ0) is 21.5. The number of rotatable bonds is 7. The summed E-state index contributed by atoms with van der Waals surface area (Å²) in [5.41, 5.74) is 9.73. The molecule has 1 heterocycles. The van der Waals surface area contributed by atoms with E-state index in [1.807, 2.05) is 43.3 Å². The Bertz CT molecular complexity index is 866. The average molecular weight is 410 g/mol. The Hall–Kier alpha value is -3.06. The maximum atomic E-state index is 12.8. The van der Waals surface area contributed by atoms with Crippen LogP contribution in [-0.4, -0.2) is 48.9 Å². The molecule has 0 bridgehead atoms. The molecule has 1 atom stereocenters. The third-order valence-electron chi connectivity index (χ3n) is 5.31. The van der Waals surface area contributed by atoms with Gasteiger partial charge in [-0.15, -0.1) is 0 Å². The van der Waals surface area contributed by atoms with Crippen LogP contribution < -0.4 is 16.4 Å². The molecule has 2 aromatic carbocycles. The first-order valence-electron chi connectivity index (χ1n) is 10.3. The molecule has 160 valence electrons. The zero-order valence-corrected chi connectivity index (χ0v) is 17.7. The quantitative estimate of drug-likeness (QED) is 0.613. The van der Waals surface area contributed by atoms with E-state index in [1.165, 1.54) is 11.1 Å². The maximum Gasteiger partial charge on any atom is 0.315 e. The van der Waals surface area contributed by atoms with Gasteiger partial charge in [-0.05, 0) is 55.8 Å². The van der Waals surface area contributed by atoms with Crippen molar-refractivity contribution in [3.05, 3.63) is 65.2 Å². The molecule has 30 heavy (non-hydrogen) atoms. The third-order valence-corrected chi connectivity index (χ3v) is 5.31. The van der Waals surface area contributed by atoms with Gasteiger partial charge in [0.05, 0.1) is 12.6 Å². The van der Waals surface area contributed by atoms with E-state index in [0.717, 1.165) is 24.9 Å². The summed E-state index contributed by atoms with van der Waals surface area (Å²) in [7, 11) is 4.09. The predicted octanol–water partition coefficient (Wildman–Crippen LogP) is 2.49. The summed E-state index contributed by atoms with van der Waals surface area (Å²) in [5, 5.41) is 5.46. The number of nitrogens with one attached hydrogen (secondary N) is 2. The summed E-state index contributed by atoms with van der Waals surface area (Å²) in [4.78, 5) is 29.0. The minimum atomic E-state index is -0.357. The molecule has 0 aliphatic carbocycles. The molecule has 1 aliphatic heterocycles. The van der Waals surface area contributed by atoms with Gasteiger partial charge in [-0.25, -0.2) is 4.79 Å². The number of carbonyl (C=O) groups excluding carboxylic acids is 2. The van der Waals surface area contributed by atoms with Gasteiger partial charge in [0.15, 0.2) is 0 Å². The Morgan fingerprint density at radius 3 is 2.57 bits per heavy atom. The number of nitrogens with zero attached hydrogens (tertiary/aromatic N) is 2. The fraction of sp³-hybridized carbons (Fsp3) is 0.391. The van der Waals surface area contributed by atoms with Crippen LogP contribution in [0.4, 0.5) is 10.5 Å². The van der Waals surface area contributed by atoms with E-state index in [-0.39, 0.29) is 24.5 Å². The average Bonchev–Trinajstić information content (AvgIpc) is 3.21. The van der Waals surface area contributed by atoms with E-state index in [4.69, 9.17) is 5.73 Å². The second kappa shape index (κ2) is 10.1. The number of hydrogen-bond acceptors (Lipinski definition) is 4. The minimum absolute atomic E-state index is 0.0140. The van der Waals surface area contributed by atoms with Crippen molar-refractivity contribution in [3.63, 3.8) is 0 Å². The molecule has 1 saturated heterocycles. The standard InChI is InChI=1S/C23H31N5O2/c1-27(2)16-18-6-3-4-7-20(18)21-8-5-13-28(21)22(29)15-26-23(30)25-14-17-9-11-19(24)12-10-17/h3-4,6-7,9-12,21H,5,8,13-16,24H2,1-2H3,(H2,25,26,30). The maximum absolute atomic E-state index is 12.8. The van der Waals surface area contributed by atoms with Gasteiger partial charge in [0, 0.05) is 25.3 Å². The van der Waals surface area contributed by atoms with Crippen LogP contribution in [-0.2, 0) is 17.9 Å². The molecular formula is C23H31N5O2. The lowest BCUT2D eigenvalue weighted by atomic mass is 9.98. The first kappa shape index (κ1) is 21.6. The number of hydrogen-bond donors (Lipinski definition) is 3. The number of anilines is 1. The van der Waals surface area contributed by atoms with Crippen molar-refractivity contribution < 1.29 is 9.59 Å². The van der Waals surface area contributed by atoms with Gasteiger partial charge in [-0.1, -0.05) is 36.4 Å². The Morgan fingerprint density at radius 1 is 1.10 bits per heavy atom. The van der Waals surface area contributed by atoms with Crippen molar-refractivity contribution in [2.45, 2.75) is 32.0 Å². The lowest BCUT2D eigenvalue weighted by Gasteiger charge is -2.27. The fourth-order valence-electron chi connectivity index (χ4n) is 3.87. The van der Waals surface area contributed by atoms with Crippen molar-refractivity contribution >= 4 is 17.6 Å². The van der Waals surface area contributed by atoms with E-state index < -0.39 is 0 Å². The second-order valence-electron chi connectivity index (χ2n) is 7.96. The highest BCUT2D eigenvalue weighted by molar-refractivity contribution is 5.84. The molecule has 0 radical (unpaired) electrons. The molecule has 0 saturated carbocycles. The smallest absolute Gasteiger partial charge is 0.315 e. The van der Waals surface area contributed by atoms with Crippen LogP contribution in [0.2, 0.25) is 0 Å². The van der Waals surface area contributed by atoms with Crippen molar-refractivity contribution in [1.29, 1.82) is 0 Å². The van der Waals surface area contributed by atoms with E-state index >= 15 is 0 Å². The van der Waals surface area contributed by atoms with Crippen molar-refractivity contribution in [1.82, 2.24) is 20.4 Å². The van der Waals surface area contributed by atoms with Crippen molar-refractivity contribution in [2.24, 2.45) is 0 Å². The lowest BCUT2D eigenvalue weighted by molar-refractivity contribution is -0.131. The van der Waals surface area contributed by atoms with Crippen molar-refractivity contribution in [3.8, 4) is 0 Å². The summed E-state index contributed by atoms with van der Waals surface area (Å²) < 4.78 is 0. The zero-order valence-electron chi connectivity index (χ0n) is 17.7. The summed E-state index contributed by atoms with van der Waals surface area (Å²) in [5.74, 6) is -0.0557. The molecule has 4 N–H and O–H groups in total. The Morgan fingerprint density at radius 2 is 1.83 bits per heavy atom. The van der Waals surface area contributed by atoms with Gasteiger partial charge < -0.3 is 26.2 Å². The monoisotopic (exact) mass is 409 g/mol. The molecule has 7 heteroatoms. The lowest BCUT2D eigenvalue weighted by Crippen LogP contribution is -2.43. The molecule has 3 amide bonds. The molecule has 7 nitrogen and oxygen atoms in total. The number of likely N-dealkylation sites (tertiary alicyclic amines) is 1. The number of amides is 3. The predicted molar refractivity (Wildman–Crippen MR) is 119 cm³/mol. The number of urea groups is 1. The highest BCUT2D eigenvalue weighted by Crippen LogP contribution is 2.34. The van der Waals surface area contributed by atoms with Gasteiger partial charge in [0.25, 0.3) is 0 Å². The molecule has 1 fully saturated rings. The number of carbonyl (C=O) groups is 2. The number of benzene rings is 2. The highest BCUT2D eigenvalue weighted by Gasteiger charge is 2.31. The Balaban J connectivity index is 1.54. The van der Waals surface area contributed by atoms with Gasteiger partial charge in [-0.2, -0.15) is 0 Å². The van der Waals surface area contributed by atoms with E-state index in [0.29, 0.717) is 18.8 Å². The molecule has 1 aliphatic rings. The molecule has 3 rings (SSSR count). The van der Waals surface area contributed by atoms with Crippen LogP contribution in [0.1, 0.15) is 35.6 Å². The minimum Gasteiger partial charge on any atom is -0.399 e. The highest BCUT2D eigenvalue weighted by atomic mass is 16.2. The fourth-order valence-corrected chi connectivity index (χ4v) is 3.87. The van der Waals surface area contributed by atoms with Crippen LogP contribution in [0.3, 0.4) is 0 Å². The Labute approximate surface area is 178 Å². The summed E-state index contributed by atoms with van der Waals surface area (Å²) in [6, 6.07) is 15.3. The number of nitrogens with two attached hydrogens (primary N) is 1. The third kappa shape index (κ3) is 5.73. The normalized spacial score (nSPS) is 16.0. The van der Waals surface area contributed by atoms with Crippen LogP contribution in [0, 0.1) is 0 Å². The second-order valence-corrected chi connectivity index (χ2v) is 7.96. The molecular weight excluding hydrogens is 378 g/mol. The summed E-state index contributed by atoms with van der Waals surface area (Å²) in [6.07, 6.45) is 1.91. The molecule has 2 aromatic rings. The van der Waals surface area contributed by atoms with E-state index in [1.54, 1.807) is 12.1 Å². The van der Waals surface area contributed by atoms with Gasteiger partial charge >= 0.3 is 6.03 Å². The number of nitrogen functional groups attached to an aromatic ring is 1. The molecule has 1 unspecified atom stereocenters. The Kier molecular flexibility index (Phi) is 7.30. The molecule has 0 aromatic heterocycles. The topological polar surface area (TPSA) is 90.7 Å². The largest absolute Gasteiger partial charge is 0.399 e. The van der Waals surface area contributed by atoms with Crippen LogP contribution in [0.5, 0.6) is 0 Å².